The number of aromatic nitrogens is 3. The monoisotopic (exact) mass is 384 g/mol. The standard InChI is InChI=1S/C22H20N6O/c1-2-15(11-17-14(1)5-6-23-17)19-13-28-9-7-25-22(28)21(27-19)26-16-3-4-20-18(12-16)24-8-10-29-20/h1-4,7,9,11-13,23-24H,5-6,8,10H2,(H,26,27). The van der Waals surface area contributed by atoms with Gasteiger partial charge in [0, 0.05) is 48.6 Å². The number of anilines is 4. The molecular weight excluding hydrogens is 364 g/mol. The first-order valence-corrected chi connectivity index (χ1v) is 9.82. The zero-order chi connectivity index (χ0) is 19.2. The minimum absolute atomic E-state index is 0.688. The Kier molecular flexibility index (Phi) is 3.59. The van der Waals surface area contributed by atoms with Crippen molar-refractivity contribution < 1.29 is 4.74 Å². The molecule has 0 saturated carbocycles. The van der Waals surface area contributed by atoms with Crippen LogP contribution in [0.25, 0.3) is 16.9 Å². The largest absolute Gasteiger partial charge is 0.490 e. The third-order valence-corrected chi connectivity index (χ3v) is 5.41. The minimum Gasteiger partial charge on any atom is -0.490 e. The number of rotatable bonds is 3. The second kappa shape index (κ2) is 6.41. The number of ether oxygens (including phenoxy) is 1. The van der Waals surface area contributed by atoms with E-state index in [4.69, 9.17) is 9.72 Å². The number of benzene rings is 2. The Bertz CT molecular complexity index is 1230. The van der Waals surface area contributed by atoms with Crippen LogP contribution in [-0.2, 0) is 6.42 Å². The molecule has 6 rings (SSSR count). The van der Waals surface area contributed by atoms with Gasteiger partial charge in [0.1, 0.15) is 12.4 Å². The Hall–Kier alpha value is -3.74. The summed E-state index contributed by atoms with van der Waals surface area (Å²) < 4.78 is 7.68. The average molecular weight is 384 g/mol. The Morgan fingerprint density at radius 3 is 3.00 bits per heavy atom. The molecule has 2 aliphatic heterocycles. The van der Waals surface area contributed by atoms with Gasteiger partial charge in [0.15, 0.2) is 11.5 Å². The summed E-state index contributed by atoms with van der Waals surface area (Å²) in [6.45, 7) is 2.49. The van der Waals surface area contributed by atoms with Gasteiger partial charge >= 0.3 is 0 Å². The average Bonchev–Trinajstić information content (AvgIpc) is 3.42. The van der Waals surface area contributed by atoms with Crippen LogP contribution in [-0.4, -0.2) is 34.1 Å². The lowest BCUT2D eigenvalue weighted by atomic mass is 10.1. The fraction of sp³-hybridized carbons (Fsp3) is 0.182. The van der Waals surface area contributed by atoms with Crippen molar-refractivity contribution in [3.63, 3.8) is 0 Å². The van der Waals surface area contributed by atoms with E-state index < -0.39 is 0 Å². The molecule has 7 nitrogen and oxygen atoms in total. The maximum Gasteiger partial charge on any atom is 0.180 e. The number of hydrogen-bond acceptors (Lipinski definition) is 6. The molecule has 0 unspecified atom stereocenters. The van der Waals surface area contributed by atoms with Crippen LogP contribution >= 0.6 is 0 Å². The van der Waals surface area contributed by atoms with E-state index in [9.17, 15) is 0 Å². The summed E-state index contributed by atoms with van der Waals surface area (Å²) >= 11 is 0. The fourth-order valence-corrected chi connectivity index (χ4v) is 3.96. The van der Waals surface area contributed by atoms with E-state index in [1.807, 2.05) is 35.0 Å². The van der Waals surface area contributed by atoms with E-state index in [0.717, 1.165) is 59.4 Å². The highest BCUT2D eigenvalue weighted by molar-refractivity contribution is 5.77. The van der Waals surface area contributed by atoms with Crippen molar-refractivity contribution >= 4 is 28.5 Å². The summed E-state index contributed by atoms with van der Waals surface area (Å²) in [6.07, 6.45) is 6.83. The van der Waals surface area contributed by atoms with Crippen LogP contribution in [0.3, 0.4) is 0 Å². The van der Waals surface area contributed by atoms with Gasteiger partial charge in [-0.1, -0.05) is 12.1 Å². The first-order valence-electron chi connectivity index (χ1n) is 9.82. The van der Waals surface area contributed by atoms with E-state index in [2.05, 4.69) is 39.1 Å². The zero-order valence-electron chi connectivity index (χ0n) is 15.8. The quantitative estimate of drug-likeness (QED) is 0.497. The van der Waals surface area contributed by atoms with Crippen LogP contribution < -0.4 is 20.7 Å². The minimum atomic E-state index is 0.688. The predicted octanol–water partition coefficient (Wildman–Crippen LogP) is 3.91. The summed E-state index contributed by atoms with van der Waals surface area (Å²) in [7, 11) is 0. The first-order chi connectivity index (χ1) is 14.3. The van der Waals surface area contributed by atoms with E-state index >= 15 is 0 Å². The zero-order valence-corrected chi connectivity index (χ0v) is 15.8. The van der Waals surface area contributed by atoms with E-state index in [1.54, 1.807) is 6.20 Å². The fourth-order valence-electron chi connectivity index (χ4n) is 3.96. The molecule has 0 bridgehead atoms. The van der Waals surface area contributed by atoms with E-state index in [1.165, 1.54) is 11.3 Å². The van der Waals surface area contributed by atoms with Gasteiger partial charge < -0.3 is 25.1 Å². The molecule has 29 heavy (non-hydrogen) atoms. The van der Waals surface area contributed by atoms with Crippen molar-refractivity contribution in [3.05, 3.63) is 60.6 Å². The highest BCUT2D eigenvalue weighted by Gasteiger charge is 2.15. The second-order valence-electron chi connectivity index (χ2n) is 7.29. The van der Waals surface area contributed by atoms with Crippen LogP contribution in [0.2, 0.25) is 0 Å². The number of imidazole rings is 1. The van der Waals surface area contributed by atoms with Crippen LogP contribution in [0.4, 0.5) is 22.9 Å². The van der Waals surface area contributed by atoms with Gasteiger partial charge in [-0.2, -0.15) is 0 Å². The molecular formula is C22H20N6O. The normalized spacial score (nSPS) is 14.5. The van der Waals surface area contributed by atoms with Gasteiger partial charge in [0.25, 0.3) is 0 Å². The van der Waals surface area contributed by atoms with Gasteiger partial charge in [-0.05, 0) is 36.2 Å². The molecule has 2 aromatic heterocycles. The molecule has 3 N–H and O–H groups in total. The Labute approximate surface area is 167 Å². The predicted molar refractivity (Wildman–Crippen MR) is 114 cm³/mol. The molecule has 0 spiro atoms. The number of hydrogen-bond donors (Lipinski definition) is 3. The molecule has 2 aliphatic rings. The highest BCUT2D eigenvalue weighted by Crippen LogP contribution is 2.33. The van der Waals surface area contributed by atoms with Gasteiger partial charge in [-0.25, -0.2) is 9.97 Å². The van der Waals surface area contributed by atoms with Gasteiger partial charge in [0.2, 0.25) is 0 Å². The maximum atomic E-state index is 5.67. The second-order valence-corrected chi connectivity index (χ2v) is 7.29. The molecule has 0 radical (unpaired) electrons. The SMILES string of the molecule is c1cn2cc(-c3ccc4c(c3)NCC4)nc(Nc3ccc4c(c3)NCCO4)c2n1. The third-order valence-electron chi connectivity index (χ3n) is 5.41. The van der Waals surface area contributed by atoms with Crippen molar-refractivity contribution in [1.82, 2.24) is 14.4 Å². The Morgan fingerprint density at radius 1 is 1.03 bits per heavy atom. The molecule has 0 atom stereocenters. The van der Waals surface area contributed by atoms with Crippen molar-refractivity contribution in [1.29, 1.82) is 0 Å². The van der Waals surface area contributed by atoms with Gasteiger partial charge in [-0.3, -0.25) is 0 Å². The van der Waals surface area contributed by atoms with Gasteiger partial charge in [-0.15, -0.1) is 0 Å². The summed E-state index contributed by atoms with van der Waals surface area (Å²) in [4.78, 5) is 9.38. The lowest BCUT2D eigenvalue weighted by molar-refractivity contribution is 0.323. The van der Waals surface area contributed by atoms with Crippen molar-refractivity contribution in [2.24, 2.45) is 0 Å². The number of nitrogens with one attached hydrogen (secondary N) is 3. The van der Waals surface area contributed by atoms with Crippen molar-refractivity contribution in [3.8, 4) is 17.0 Å². The smallest absolute Gasteiger partial charge is 0.180 e. The summed E-state index contributed by atoms with van der Waals surface area (Å²) in [5, 5.41) is 10.3. The molecule has 144 valence electrons. The molecule has 0 saturated heterocycles. The topological polar surface area (TPSA) is 75.5 Å². The van der Waals surface area contributed by atoms with E-state index in [0.29, 0.717) is 6.61 Å². The highest BCUT2D eigenvalue weighted by atomic mass is 16.5. The van der Waals surface area contributed by atoms with Crippen LogP contribution in [0.15, 0.2) is 55.0 Å². The van der Waals surface area contributed by atoms with Crippen LogP contribution in [0.1, 0.15) is 5.56 Å². The van der Waals surface area contributed by atoms with Crippen molar-refractivity contribution in [2.45, 2.75) is 6.42 Å². The van der Waals surface area contributed by atoms with E-state index in [-0.39, 0.29) is 0 Å². The summed E-state index contributed by atoms with van der Waals surface area (Å²) in [5.74, 6) is 1.60. The molecule has 4 aromatic rings. The molecule has 2 aromatic carbocycles. The number of fused-ring (bicyclic) bond motifs is 3. The van der Waals surface area contributed by atoms with Crippen molar-refractivity contribution in [2.75, 3.05) is 35.6 Å². The first kappa shape index (κ1) is 16.2. The number of nitrogens with zero attached hydrogens (tertiary/aromatic N) is 3. The summed E-state index contributed by atoms with van der Waals surface area (Å²) in [6, 6.07) is 12.5. The van der Waals surface area contributed by atoms with Crippen LogP contribution in [0.5, 0.6) is 5.75 Å². The molecule has 0 amide bonds. The summed E-state index contributed by atoms with van der Waals surface area (Å²) in [5.41, 5.74) is 7.25. The lowest BCUT2D eigenvalue weighted by Gasteiger charge is -2.20. The maximum absolute atomic E-state index is 5.67. The lowest BCUT2D eigenvalue weighted by Crippen LogP contribution is -2.17. The van der Waals surface area contributed by atoms with Gasteiger partial charge in [0.05, 0.1) is 11.4 Å². The Morgan fingerprint density at radius 2 is 2.00 bits per heavy atom. The molecule has 0 aliphatic carbocycles. The van der Waals surface area contributed by atoms with Crippen LogP contribution in [0, 0.1) is 0 Å². The molecule has 7 heteroatoms. The third kappa shape index (κ3) is 2.82. The molecule has 0 fully saturated rings. The molecule has 4 heterocycles. The Balaban J connectivity index is 1.41.